The highest BCUT2D eigenvalue weighted by atomic mass is 79.9. The van der Waals surface area contributed by atoms with Gasteiger partial charge in [-0.25, -0.2) is 4.39 Å². The van der Waals surface area contributed by atoms with E-state index in [-0.39, 0.29) is 23.0 Å². The molecule has 4 N–H and O–H groups in total. The van der Waals surface area contributed by atoms with E-state index in [2.05, 4.69) is 21.1 Å². The smallest absolute Gasteiger partial charge is 0.171 e. The van der Waals surface area contributed by atoms with Crippen molar-refractivity contribution in [2.75, 3.05) is 18.1 Å². The molecule has 1 aromatic carbocycles. The minimum Gasteiger partial charge on any atom is -0.409 e. The van der Waals surface area contributed by atoms with Crippen LogP contribution in [0.4, 0.5) is 10.1 Å². The van der Waals surface area contributed by atoms with Crippen LogP contribution in [0.15, 0.2) is 21.8 Å². The Hall–Kier alpha value is -1.34. The Balaban J connectivity index is 2.39. The molecule has 0 heterocycles. The molecule has 0 bridgehead atoms. The van der Waals surface area contributed by atoms with Crippen LogP contribution in [-0.2, 0) is 0 Å². The van der Waals surface area contributed by atoms with E-state index in [0.29, 0.717) is 17.8 Å². The van der Waals surface area contributed by atoms with E-state index in [1.54, 1.807) is 12.1 Å². The lowest BCUT2D eigenvalue weighted by Crippen LogP contribution is -2.30. The zero-order valence-electron chi connectivity index (χ0n) is 10.2. The molecule has 0 saturated heterocycles. The lowest BCUT2D eigenvalue weighted by Gasteiger charge is -2.25. The van der Waals surface area contributed by atoms with Gasteiger partial charge in [-0.05, 0) is 40.9 Å². The van der Waals surface area contributed by atoms with Crippen molar-refractivity contribution < 1.29 is 14.7 Å². The third-order valence-electron chi connectivity index (χ3n) is 3.08. The van der Waals surface area contributed by atoms with Crippen LogP contribution in [0.5, 0.6) is 0 Å². The molecule has 1 aliphatic carbocycles. The van der Waals surface area contributed by atoms with E-state index in [4.69, 9.17) is 16.0 Å². The number of nitrogens with zero attached hydrogens (tertiary/aromatic N) is 2. The summed E-state index contributed by atoms with van der Waals surface area (Å²) in [5.74, 6) is -0.623. The van der Waals surface area contributed by atoms with E-state index in [9.17, 15) is 4.39 Å². The Kier molecular flexibility index (Phi) is 4.26. The summed E-state index contributed by atoms with van der Waals surface area (Å²) in [6.45, 7) is 0.354. The summed E-state index contributed by atoms with van der Waals surface area (Å²) < 4.78 is 14.5. The van der Waals surface area contributed by atoms with Gasteiger partial charge in [-0.15, -0.1) is 0 Å². The number of hydrogen-bond acceptors (Lipinski definition) is 4. The number of anilines is 1. The van der Waals surface area contributed by atoms with Crippen LogP contribution in [-0.4, -0.2) is 35.3 Å². The molecule has 19 heavy (non-hydrogen) atoms. The highest BCUT2D eigenvalue weighted by molar-refractivity contribution is 9.10. The van der Waals surface area contributed by atoms with Crippen LogP contribution < -0.4 is 10.6 Å². The van der Waals surface area contributed by atoms with E-state index < -0.39 is 5.82 Å². The van der Waals surface area contributed by atoms with Crippen molar-refractivity contribution in [2.45, 2.75) is 18.9 Å². The maximum atomic E-state index is 14.4. The molecule has 0 aromatic heterocycles. The third kappa shape index (κ3) is 2.82. The zero-order chi connectivity index (χ0) is 14.0. The van der Waals surface area contributed by atoms with Gasteiger partial charge in [-0.3, -0.25) is 0 Å². The number of amidine groups is 1. The standard InChI is InChI=1S/C12H15BrFN3O2/c13-10-8(12(15)16-19)3-4-9(11(10)14)17(5-6-18)7-1-2-7/h3-4,7,18-19H,1-2,5-6H2,(H2,15,16). The van der Waals surface area contributed by atoms with Crippen molar-refractivity contribution in [3.8, 4) is 0 Å². The van der Waals surface area contributed by atoms with Crippen LogP contribution in [0, 0.1) is 5.82 Å². The van der Waals surface area contributed by atoms with Crippen molar-refractivity contribution in [3.05, 3.63) is 28.0 Å². The maximum absolute atomic E-state index is 14.4. The van der Waals surface area contributed by atoms with Gasteiger partial charge in [0, 0.05) is 18.2 Å². The van der Waals surface area contributed by atoms with Crippen LogP contribution in [0.2, 0.25) is 0 Å². The van der Waals surface area contributed by atoms with Crippen LogP contribution in [0.1, 0.15) is 18.4 Å². The molecule has 5 nitrogen and oxygen atoms in total. The number of halogens is 2. The fourth-order valence-corrected chi connectivity index (χ4v) is 2.54. The molecule has 0 radical (unpaired) electrons. The first-order valence-electron chi connectivity index (χ1n) is 5.93. The Morgan fingerprint density at radius 3 is 2.74 bits per heavy atom. The quantitative estimate of drug-likeness (QED) is 0.331. The van der Waals surface area contributed by atoms with Gasteiger partial charge in [-0.1, -0.05) is 5.16 Å². The van der Waals surface area contributed by atoms with Crippen LogP contribution in [0.25, 0.3) is 0 Å². The molecule has 0 amide bonds. The number of aliphatic hydroxyl groups excluding tert-OH is 1. The van der Waals surface area contributed by atoms with Crippen LogP contribution in [0.3, 0.4) is 0 Å². The lowest BCUT2D eigenvalue weighted by molar-refractivity contribution is 0.301. The molecular formula is C12H15BrFN3O2. The average Bonchev–Trinajstić information content (AvgIpc) is 3.23. The number of nitrogens with two attached hydrogens (primary N) is 1. The maximum Gasteiger partial charge on any atom is 0.171 e. The van der Waals surface area contributed by atoms with Gasteiger partial charge in [0.25, 0.3) is 0 Å². The summed E-state index contributed by atoms with van der Waals surface area (Å²) in [6.07, 6.45) is 2.00. The molecule has 1 saturated carbocycles. The monoisotopic (exact) mass is 331 g/mol. The Bertz CT molecular complexity index is 506. The molecule has 1 aliphatic rings. The summed E-state index contributed by atoms with van der Waals surface area (Å²) in [5, 5.41) is 20.6. The Morgan fingerprint density at radius 1 is 1.53 bits per heavy atom. The van der Waals surface area contributed by atoms with Crippen molar-refractivity contribution in [3.63, 3.8) is 0 Å². The second-order valence-electron chi connectivity index (χ2n) is 4.39. The summed E-state index contributed by atoms with van der Waals surface area (Å²) in [4.78, 5) is 1.84. The highest BCUT2D eigenvalue weighted by Crippen LogP contribution is 2.36. The molecule has 0 atom stereocenters. The second-order valence-corrected chi connectivity index (χ2v) is 5.19. The third-order valence-corrected chi connectivity index (χ3v) is 3.86. The van der Waals surface area contributed by atoms with E-state index in [1.165, 1.54) is 0 Å². The van der Waals surface area contributed by atoms with Gasteiger partial charge >= 0.3 is 0 Å². The molecule has 0 spiro atoms. The van der Waals surface area contributed by atoms with Gasteiger partial charge in [0.1, 0.15) is 0 Å². The number of rotatable bonds is 5. The van der Waals surface area contributed by atoms with Gasteiger partial charge in [0.2, 0.25) is 0 Å². The lowest BCUT2D eigenvalue weighted by atomic mass is 10.1. The second kappa shape index (κ2) is 5.75. The van der Waals surface area contributed by atoms with Crippen molar-refractivity contribution in [1.29, 1.82) is 0 Å². The minimum atomic E-state index is -0.468. The number of hydrogen-bond donors (Lipinski definition) is 3. The van der Waals surface area contributed by atoms with E-state index >= 15 is 0 Å². The molecule has 0 aliphatic heterocycles. The number of oxime groups is 1. The Labute approximate surface area is 118 Å². The summed E-state index contributed by atoms with van der Waals surface area (Å²) in [6, 6.07) is 3.45. The van der Waals surface area contributed by atoms with Crippen molar-refractivity contribution in [2.24, 2.45) is 10.9 Å². The molecule has 2 rings (SSSR count). The molecule has 0 unspecified atom stereocenters. The molecule has 7 heteroatoms. The highest BCUT2D eigenvalue weighted by Gasteiger charge is 2.31. The van der Waals surface area contributed by atoms with Crippen molar-refractivity contribution >= 4 is 27.5 Å². The fraction of sp³-hybridized carbons (Fsp3) is 0.417. The first-order valence-corrected chi connectivity index (χ1v) is 6.72. The summed E-state index contributed by atoms with van der Waals surface area (Å²) in [5.41, 5.74) is 6.18. The van der Waals surface area contributed by atoms with Crippen molar-refractivity contribution in [1.82, 2.24) is 0 Å². The molecule has 104 valence electrons. The largest absolute Gasteiger partial charge is 0.409 e. The predicted octanol–water partition coefficient (Wildman–Crippen LogP) is 1.64. The van der Waals surface area contributed by atoms with E-state index in [1.807, 2.05) is 4.90 Å². The SMILES string of the molecule is N/C(=N/O)c1ccc(N(CCO)C2CC2)c(F)c1Br. The first-order chi connectivity index (χ1) is 9.10. The number of benzene rings is 1. The summed E-state index contributed by atoms with van der Waals surface area (Å²) >= 11 is 3.13. The molecular weight excluding hydrogens is 317 g/mol. The van der Waals surface area contributed by atoms with Crippen LogP contribution >= 0.6 is 15.9 Å². The first kappa shape index (κ1) is 14.1. The number of aliphatic hydroxyl groups is 1. The average molecular weight is 332 g/mol. The van der Waals surface area contributed by atoms with E-state index in [0.717, 1.165) is 12.8 Å². The normalized spacial score (nSPS) is 15.6. The zero-order valence-corrected chi connectivity index (χ0v) is 11.8. The topological polar surface area (TPSA) is 82.1 Å². The van der Waals surface area contributed by atoms with Gasteiger partial charge < -0.3 is 20.9 Å². The van der Waals surface area contributed by atoms with Gasteiger partial charge in [0.05, 0.1) is 16.8 Å². The fourth-order valence-electron chi connectivity index (χ4n) is 2.01. The molecule has 1 aromatic rings. The van der Waals surface area contributed by atoms with Gasteiger partial charge in [-0.2, -0.15) is 0 Å². The molecule has 1 fully saturated rings. The predicted molar refractivity (Wildman–Crippen MR) is 74.1 cm³/mol. The van der Waals surface area contributed by atoms with Gasteiger partial charge in [0.15, 0.2) is 11.7 Å². The Morgan fingerprint density at radius 2 is 2.21 bits per heavy atom. The summed E-state index contributed by atoms with van der Waals surface area (Å²) in [7, 11) is 0. The minimum absolute atomic E-state index is 0.0322.